The maximum Gasteiger partial charge on any atom is 0.257 e. The Labute approximate surface area is 136 Å². The summed E-state index contributed by atoms with van der Waals surface area (Å²) in [6.45, 7) is 2.72. The molecule has 5 nitrogen and oxygen atoms in total. The van der Waals surface area contributed by atoms with E-state index in [-0.39, 0.29) is 12.5 Å². The number of nitrogens with zero attached hydrogens (tertiary/aromatic N) is 2. The Morgan fingerprint density at radius 1 is 1.35 bits per heavy atom. The van der Waals surface area contributed by atoms with E-state index >= 15 is 0 Å². The summed E-state index contributed by atoms with van der Waals surface area (Å²) in [5.74, 6) is 1.67. The van der Waals surface area contributed by atoms with Crippen molar-refractivity contribution in [2.24, 2.45) is 0 Å². The molecule has 0 radical (unpaired) electrons. The first-order chi connectivity index (χ1) is 11.2. The number of carbonyl (C=O) groups excluding carboxylic acids is 1. The number of aromatic nitrogens is 2. The molecule has 1 N–H and O–H groups in total. The van der Waals surface area contributed by atoms with Gasteiger partial charge in [-0.15, -0.1) is 0 Å². The van der Waals surface area contributed by atoms with Gasteiger partial charge in [0.25, 0.3) is 5.91 Å². The third kappa shape index (κ3) is 3.92. The van der Waals surface area contributed by atoms with Crippen LogP contribution in [0.25, 0.3) is 0 Å². The molecular weight excluding hydrogens is 290 g/mol. The number of rotatable bonds is 7. The first-order valence-electron chi connectivity index (χ1n) is 8.21. The minimum atomic E-state index is -0.104. The predicted molar refractivity (Wildman–Crippen MR) is 88.5 cm³/mol. The fourth-order valence-corrected chi connectivity index (χ4v) is 2.85. The number of imidazole rings is 1. The molecule has 0 unspecified atom stereocenters. The number of benzene rings is 1. The maximum absolute atomic E-state index is 11.8. The molecule has 2 aromatic rings. The Hall–Kier alpha value is -2.30. The van der Waals surface area contributed by atoms with E-state index in [0.29, 0.717) is 18.3 Å². The molecule has 1 aromatic carbocycles. The van der Waals surface area contributed by atoms with Crippen molar-refractivity contribution in [2.45, 2.75) is 38.6 Å². The molecule has 3 rings (SSSR count). The van der Waals surface area contributed by atoms with Crippen LogP contribution in [-0.4, -0.2) is 28.6 Å². The first-order valence-corrected chi connectivity index (χ1v) is 8.21. The second-order valence-electron chi connectivity index (χ2n) is 5.97. The van der Waals surface area contributed by atoms with Crippen LogP contribution < -0.4 is 10.1 Å². The summed E-state index contributed by atoms with van der Waals surface area (Å²) in [7, 11) is 0. The highest BCUT2D eigenvalue weighted by Gasteiger charge is 2.23. The highest BCUT2D eigenvalue weighted by Crippen LogP contribution is 2.33. The zero-order valence-corrected chi connectivity index (χ0v) is 13.5. The van der Waals surface area contributed by atoms with Gasteiger partial charge in [0.15, 0.2) is 6.61 Å². The van der Waals surface area contributed by atoms with Gasteiger partial charge >= 0.3 is 0 Å². The fourth-order valence-electron chi connectivity index (χ4n) is 2.85. The molecular formula is C18H23N3O2. The quantitative estimate of drug-likeness (QED) is 0.855. The van der Waals surface area contributed by atoms with Gasteiger partial charge in [0.2, 0.25) is 0 Å². The van der Waals surface area contributed by atoms with Crippen molar-refractivity contribution in [3.05, 3.63) is 48.0 Å². The van der Waals surface area contributed by atoms with Crippen molar-refractivity contribution < 1.29 is 9.53 Å². The third-order valence-electron chi connectivity index (χ3n) is 4.28. The smallest absolute Gasteiger partial charge is 0.257 e. The molecule has 1 fully saturated rings. The van der Waals surface area contributed by atoms with Gasteiger partial charge in [-0.1, -0.05) is 18.2 Å². The number of hydrogen-bond donors (Lipinski definition) is 1. The molecule has 1 aliphatic carbocycles. The number of amides is 1. The van der Waals surface area contributed by atoms with E-state index in [9.17, 15) is 4.79 Å². The summed E-state index contributed by atoms with van der Waals surface area (Å²) in [4.78, 5) is 16.3. The molecule has 122 valence electrons. The van der Waals surface area contributed by atoms with Crippen LogP contribution in [0.4, 0.5) is 0 Å². The zero-order valence-electron chi connectivity index (χ0n) is 13.5. The Balaban J connectivity index is 1.43. The van der Waals surface area contributed by atoms with E-state index in [4.69, 9.17) is 4.74 Å². The number of nitrogens with one attached hydrogen (secondary N) is 1. The summed E-state index contributed by atoms with van der Waals surface area (Å²) in [6.07, 6.45) is 6.45. The van der Waals surface area contributed by atoms with E-state index in [1.54, 1.807) is 0 Å². The van der Waals surface area contributed by atoms with Crippen LogP contribution in [0.1, 0.15) is 36.8 Å². The van der Waals surface area contributed by atoms with Crippen LogP contribution in [0.2, 0.25) is 0 Å². The van der Waals surface area contributed by atoms with Crippen LogP contribution in [0.3, 0.4) is 0 Å². The average molecular weight is 313 g/mol. The number of para-hydroxylation sites is 1. The van der Waals surface area contributed by atoms with Crippen molar-refractivity contribution in [3.8, 4) is 5.75 Å². The summed E-state index contributed by atoms with van der Waals surface area (Å²) in [6, 6.07) is 9.96. The highest BCUT2D eigenvalue weighted by atomic mass is 16.5. The van der Waals surface area contributed by atoms with Crippen LogP contribution in [0.5, 0.6) is 5.75 Å². The van der Waals surface area contributed by atoms with Crippen molar-refractivity contribution in [1.82, 2.24) is 14.9 Å². The normalized spacial score (nSPS) is 14.3. The molecule has 0 atom stereocenters. The van der Waals surface area contributed by atoms with Crippen LogP contribution in [0.15, 0.2) is 36.5 Å². The van der Waals surface area contributed by atoms with Gasteiger partial charge in [-0.05, 0) is 38.3 Å². The van der Waals surface area contributed by atoms with Gasteiger partial charge in [-0.2, -0.15) is 0 Å². The molecule has 1 amide bonds. The Morgan fingerprint density at radius 2 is 2.13 bits per heavy atom. The molecule has 1 heterocycles. The lowest BCUT2D eigenvalue weighted by atomic mass is 9.92. The van der Waals surface area contributed by atoms with E-state index < -0.39 is 0 Å². The minimum absolute atomic E-state index is 0.0418. The van der Waals surface area contributed by atoms with Gasteiger partial charge in [0.05, 0.1) is 0 Å². The monoisotopic (exact) mass is 313 g/mol. The molecule has 0 saturated heterocycles. The molecule has 0 aliphatic heterocycles. The number of ether oxygens (including phenoxy) is 1. The maximum atomic E-state index is 11.8. The number of carbonyl (C=O) groups is 1. The minimum Gasteiger partial charge on any atom is -0.484 e. The molecule has 1 aromatic heterocycles. The van der Waals surface area contributed by atoms with Crippen molar-refractivity contribution in [2.75, 3.05) is 13.2 Å². The van der Waals surface area contributed by atoms with Crippen molar-refractivity contribution >= 4 is 5.91 Å². The third-order valence-corrected chi connectivity index (χ3v) is 4.28. The van der Waals surface area contributed by atoms with Crippen LogP contribution in [0, 0.1) is 6.92 Å². The fraction of sp³-hybridized carbons (Fsp3) is 0.444. The second kappa shape index (κ2) is 7.31. The topological polar surface area (TPSA) is 56.1 Å². The van der Waals surface area contributed by atoms with Crippen LogP contribution >= 0.6 is 0 Å². The van der Waals surface area contributed by atoms with Crippen LogP contribution in [-0.2, 0) is 11.2 Å². The van der Waals surface area contributed by atoms with E-state index in [0.717, 1.165) is 12.2 Å². The zero-order chi connectivity index (χ0) is 16.1. The van der Waals surface area contributed by atoms with E-state index in [2.05, 4.69) is 21.8 Å². The molecule has 1 saturated carbocycles. The summed E-state index contributed by atoms with van der Waals surface area (Å²) in [5.41, 5.74) is 1.21. The molecule has 0 spiro atoms. The van der Waals surface area contributed by atoms with Crippen molar-refractivity contribution in [1.29, 1.82) is 0 Å². The second-order valence-corrected chi connectivity index (χ2v) is 5.97. The number of hydrogen-bond acceptors (Lipinski definition) is 3. The van der Waals surface area contributed by atoms with E-state index in [1.165, 1.54) is 25.0 Å². The predicted octanol–water partition coefficient (Wildman–Crippen LogP) is 2.65. The first kappa shape index (κ1) is 15.6. The summed E-state index contributed by atoms with van der Waals surface area (Å²) >= 11 is 0. The lowest BCUT2D eigenvalue weighted by Gasteiger charge is -2.29. The molecule has 5 heteroatoms. The number of aryl methyl sites for hydroxylation is 1. The Morgan fingerprint density at radius 3 is 2.83 bits per heavy atom. The average Bonchev–Trinajstić information content (AvgIpc) is 2.86. The Bertz CT molecular complexity index is 648. The van der Waals surface area contributed by atoms with Gasteiger partial charge in [-0.3, -0.25) is 4.79 Å². The summed E-state index contributed by atoms with van der Waals surface area (Å²) < 4.78 is 7.76. The van der Waals surface area contributed by atoms with E-state index in [1.807, 2.05) is 36.5 Å². The SMILES string of the molecule is Cc1cnc(CCNC(=O)COc2ccccc2)n1C1CCC1. The van der Waals surface area contributed by atoms with Crippen molar-refractivity contribution in [3.63, 3.8) is 0 Å². The molecule has 1 aliphatic rings. The highest BCUT2D eigenvalue weighted by molar-refractivity contribution is 5.77. The Kier molecular flexibility index (Phi) is 4.95. The molecule has 23 heavy (non-hydrogen) atoms. The largest absolute Gasteiger partial charge is 0.484 e. The lowest BCUT2D eigenvalue weighted by Crippen LogP contribution is -2.31. The van der Waals surface area contributed by atoms with Gasteiger partial charge in [-0.25, -0.2) is 4.98 Å². The van der Waals surface area contributed by atoms with Gasteiger partial charge in [0.1, 0.15) is 11.6 Å². The van der Waals surface area contributed by atoms with Gasteiger partial charge in [0, 0.05) is 30.9 Å². The standard InChI is InChI=1S/C18H23N3O2/c1-14-12-20-17(21(14)15-6-5-7-15)10-11-19-18(22)13-23-16-8-3-2-4-9-16/h2-4,8-9,12,15H,5-7,10-11,13H2,1H3,(H,19,22). The summed E-state index contributed by atoms with van der Waals surface area (Å²) in [5, 5.41) is 2.90. The lowest BCUT2D eigenvalue weighted by molar-refractivity contribution is -0.123. The van der Waals surface area contributed by atoms with Gasteiger partial charge < -0.3 is 14.6 Å². The molecule has 0 bridgehead atoms.